The van der Waals surface area contributed by atoms with Crippen molar-refractivity contribution in [2.24, 2.45) is 11.8 Å². The summed E-state index contributed by atoms with van der Waals surface area (Å²) < 4.78 is 16.4. The second kappa shape index (κ2) is 6.61. The molecule has 2 bridgehead atoms. The molecule has 0 radical (unpaired) electrons. The van der Waals surface area contributed by atoms with Crippen molar-refractivity contribution in [3.63, 3.8) is 0 Å². The van der Waals surface area contributed by atoms with E-state index in [0.29, 0.717) is 26.3 Å². The highest BCUT2D eigenvalue weighted by molar-refractivity contribution is 5.91. The SMILES string of the molecule is CCCCOC(=O)C1[C@H]2C=CC3(CN(CCCOC)C(=O)[C@@H]13)O2. The van der Waals surface area contributed by atoms with E-state index in [9.17, 15) is 9.59 Å². The average molecular weight is 323 g/mol. The van der Waals surface area contributed by atoms with Gasteiger partial charge in [0.05, 0.1) is 25.2 Å². The maximum atomic E-state index is 12.8. The fourth-order valence-electron chi connectivity index (χ4n) is 3.85. The monoisotopic (exact) mass is 323 g/mol. The zero-order valence-electron chi connectivity index (χ0n) is 13.8. The third-order valence-corrected chi connectivity index (χ3v) is 4.97. The molecule has 4 atom stereocenters. The van der Waals surface area contributed by atoms with Crippen molar-refractivity contribution in [3.05, 3.63) is 12.2 Å². The Bertz CT molecular complexity index is 505. The second-order valence-corrected chi connectivity index (χ2v) is 6.53. The molecule has 2 fully saturated rings. The van der Waals surface area contributed by atoms with Gasteiger partial charge in [-0.3, -0.25) is 9.59 Å². The van der Waals surface area contributed by atoms with Gasteiger partial charge in [-0.05, 0) is 12.8 Å². The number of likely N-dealkylation sites (tertiary alicyclic amines) is 1. The van der Waals surface area contributed by atoms with Crippen molar-refractivity contribution in [1.29, 1.82) is 0 Å². The van der Waals surface area contributed by atoms with Crippen molar-refractivity contribution in [1.82, 2.24) is 4.90 Å². The van der Waals surface area contributed by atoms with Gasteiger partial charge in [0.1, 0.15) is 11.5 Å². The first kappa shape index (κ1) is 16.5. The molecule has 2 saturated heterocycles. The van der Waals surface area contributed by atoms with Crippen molar-refractivity contribution in [2.75, 3.05) is 33.4 Å². The summed E-state index contributed by atoms with van der Waals surface area (Å²) in [6, 6.07) is 0. The van der Waals surface area contributed by atoms with Crippen LogP contribution in [0.5, 0.6) is 0 Å². The first-order valence-electron chi connectivity index (χ1n) is 8.44. The number of fused-ring (bicyclic) bond motifs is 1. The molecule has 0 aliphatic carbocycles. The highest BCUT2D eigenvalue weighted by Crippen LogP contribution is 2.52. The molecular weight excluding hydrogens is 298 g/mol. The maximum absolute atomic E-state index is 12.8. The lowest BCUT2D eigenvalue weighted by Crippen LogP contribution is -2.40. The molecule has 23 heavy (non-hydrogen) atoms. The number of unbranched alkanes of at least 4 members (excludes halogenated alkanes) is 1. The van der Waals surface area contributed by atoms with Gasteiger partial charge in [0.25, 0.3) is 0 Å². The molecule has 0 N–H and O–H groups in total. The van der Waals surface area contributed by atoms with Crippen LogP contribution in [0.1, 0.15) is 26.2 Å². The van der Waals surface area contributed by atoms with Gasteiger partial charge >= 0.3 is 5.97 Å². The van der Waals surface area contributed by atoms with E-state index >= 15 is 0 Å². The molecule has 1 spiro atoms. The summed E-state index contributed by atoms with van der Waals surface area (Å²) in [6.45, 7) is 4.22. The fraction of sp³-hybridized carbons (Fsp3) is 0.765. The molecule has 0 aromatic rings. The third kappa shape index (κ3) is 2.78. The average Bonchev–Trinajstić information content (AvgIpc) is 3.16. The van der Waals surface area contributed by atoms with Crippen LogP contribution in [0.4, 0.5) is 0 Å². The molecule has 6 nitrogen and oxygen atoms in total. The Hall–Kier alpha value is -1.40. The topological polar surface area (TPSA) is 65.1 Å². The van der Waals surface area contributed by atoms with Crippen LogP contribution in [0.15, 0.2) is 12.2 Å². The molecule has 1 amide bonds. The number of hydrogen-bond donors (Lipinski definition) is 0. The number of methoxy groups -OCH3 is 1. The van der Waals surface area contributed by atoms with Gasteiger partial charge in [0.15, 0.2) is 0 Å². The number of amides is 1. The molecule has 0 aromatic heterocycles. The van der Waals surface area contributed by atoms with Gasteiger partial charge in [-0.15, -0.1) is 0 Å². The Morgan fingerprint density at radius 3 is 3.00 bits per heavy atom. The number of esters is 1. The molecule has 3 rings (SSSR count). The summed E-state index contributed by atoms with van der Waals surface area (Å²) in [5.41, 5.74) is -0.636. The Kier molecular flexibility index (Phi) is 4.73. The zero-order valence-corrected chi connectivity index (χ0v) is 13.8. The van der Waals surface area contributed by atoms with Crippen LogP contribution in [-0.2, 0) is 23.8 Å². The van der Waals surface area contributed by atoms with Crippen LogP contribution < -0.4 is 0 Å². The van der Waals surface area contributed by atoms with E-state index in [1.807, 2.05) is 19.1 Å². The number of nitrogens with zero attached hydrogens (tertiary/aromatic N) is 1. The van der Waals surface area contributed by atoms with Crippen LogP contribution >= 0.6 is 0 Å². The molecule has 3 heterocycles. The molecule has 0 aromatic carbocycles. The van der Waals surface area contributed by atoms with E-state index in [2.05, 4.69) is 0 Å². The van der Waals surface area contributed by atoms with Crippen molar-refractivity contribution >= 4 is 11.9 Å². The van der Waals surface area contributed by atoms with E-state index in [1.165, 1.54) is 0 Å². The van der Waals surface area contributed by atoms with Gasteiger partial charge in [-0.1, -0.05) is 25.5 Å². The number of carbonyl (C=O) groups is 2. The number of rotatable bonds is 8. The predicted octanol–water partition coefficient (Wildman–Crippen LogP) is 1.15. The molecule has 3 aliphatic rings. The Labute approximate surface area is 136 Å². The molecule has 3 aliphatic heterocycles. The second-order valence-electron chi connectivity index (χ2n) is 6.53. The smallest absolute Gasteiger partial charge is 0.312 e. The lowest BCUT2D eigenvalue weighted by atomic mass is 9.77. The van der Waals surface area contributed by atoms with E-state index in [1.54, 1.807) is 12.0 Å². The summed E-state index contributed by atoms with van der Waals surface area (Å²) >= 11 is 0. The lowest BCUT2D eigenvalue weighted by molar-refractivity contribution is -0.153. The summed E-state index contributed by atoms with van der Waals surface area (Å²) in [7, 11) is 1.65. The summed E-state index contributed by atoms with van der Waals surface area (Å²) in [4.78, 5) is 27.0. The highest BCUT2D eigenvalue weighted by Gasteiger charge is 2.67. The van der Waals surface area contributed by atoms with Gasteiger partial charge in [-0.2, -0.15) is 0 Å². The van der Waals surface area contributed by atoms with Gasteiger partial charge in [-0.25, -0.2) is 0 Å². The van der Waals surface area contributed by atoms with Crippen molar-refractivity contribution in [2.45, 2.75) is 37.9 Å². The molecular formula is C17H25NO5. The minimum absolute atomic E-state index is 0.00499. The number of hydrogen-bond acceptors (Lipinski definition) is 5. The molecule has 6 heteroatoms. The minimum atomic E-state index is -0.636. The van der Waals surface area contributed by atoms with Crippen LogP contribution in [0.3, 0.4) is 0 Å². The van der Waals surface area contributed by atoms with Gasteiger partial charge in [0, 0.05) is 20.3 Å². The quantitative estimate of drug-likeness (QED) is 0.381. The standard InChI is InChI=1S/C17H25NO5/c1-3-4-10-22-16(20)13-12-6-7-17(23-12)11-18(8-5-9-21-2)15(19)14(13)17/h6-7,12-14H,3-5,8-11H2,1-2H3/t12-,13?,14-,17?/m1/s1. The predicted molar refractivity (Wildman–Crippen MR) is 82.7 cm³/mol. The van der Waals surface area contributed by atoms with Crippen molar-refractivity contribution in [3.8, 4) is 0 Å². The van der Waals surface area contributed by atoms with Crippen LogP contribution in [0, 0.1) is 11.8 Å². The van der Waals surface area contributed by atoms with Crippen LogP contribution in [-0.4, -0.2) is 61.9 Å². The molecule has 0 saturated carbocycles. The molecule has 128 valence electrons. The highest BCUT2D eigenvalue weighted by atomic mass is 16.6. The van der Waals surface area contributed by atoms with Gasteiger partial charge in [0.2, 0.25) is 5.91 Å². The Balaban J connectivity index is 1.69. The van der Waals surface area contributed by atoms with E-state index in [4.69, 9.17) is 14.2 Å². The first-order valence-corrected chi connectivity index (χ1v) is 8.44. The normalized spacial score (nSPS) is 34.3. The zero-order chi connectivity index (χ0) is 16.4. The largest absolute Gasteiger partial charge is 0.465 e. The lowest BCUT2D eigenvalue weighted by Gasteiger charge is -2.22. The number of carbonyl (C=O) groups excluding carboxylic acids is 2. The Morgan fingerprint density at radius 1 is 1.43 bits per heavy atom. The molecule has 2 unspecified atom stereocenters. The summed E-state index contributed by atoms with van der Waals surface area (Å²) in [5.74, 6) is -1.23. The van der Waals surface area contributed by atoms with Crippen molar-refractivity contribution < 1.29 is 23.8 Å². The summed E-state index contributed by atoms with van der Waals surface area (Å²) in [6.07, 6.45) is 6.15. The van der Waals surface area contributed by atoms with E-state index < -0.39 is 17.4 Å². The minimum Gasteiger partial charge on any atom is -0.465 e. The first-order chi connectivity index (χ1) is 11.1. The number of ether oxygens (including phenoxy) is 3. The van der Waals surface area contributed by atoms with Gasteiger partial charge < -0.3 is 19.1 Å². The summed E-state index contributed by atoms with van der Waals surface area (Å²) in [5, 5.41) is 0. The Morgan fingerprint density at radius 2 is 2.26 bits per heavy atom. The van der Waals surface area contributed by atoms with Crippen LogP contribution in [0.25, 0.3) is 0 Å². The third-order valence-electron chi connectivity index (χ3n) is 4.97. The van der Waals surface area contributed by atoms with E-state index in [0.717, 1.165) is 19.3 Å². The maximum Gasteiger partial charge on any atom is 0.312 e. The van der Waals surface area contributed by atoms with Crippen LogP contribution in [0.2, 0.25) is 0 Å². The fourth-order valence-corrected chi connectivity index (χ4v) is 3.85. The van der Waals surface area contributed by atoms with E-state index in [-0.39, 0.29) is 18.0 Å².